The van der Waals surface area contributed by atoms with Crippen molar-refractivity contribution in [2.24, 2.45) is 11.7 Å². The van der Waals surface area contributed by atoms with E-state index in [2.05, 4.69) is 21.9 Å². The zero-order chi connectivity index (χ0) is 12.6. The summed E-state index contributed by atoms with van der Waals surface area (Å²) in [4.78, 5) is 12.4. The van der Waals surface area contributed by atoms with Crippen molar-refractivity contribution >= 4 is 11.2 Å². The van der Waals surface area contributed by atoms with Crippen molar-refractivity contribution in [3.8, 4) is 0 Å². The molecule has 0 amide bonds. The van der Waals surface area contributed by atoms with Crippen LogP contribution >= 0.6 is 0 Å². The summed E-state index contributed by atoms with van der Waals surface area (Å²) in [6, 6.07) is 3.96. The summed E-state index contributed by atoms with van der Waals surface area (Å²) in [5, 5.41) is 0. The summed E-state index contributed by atoms with van der Waals surface area (Å²) < 4.78 is 0. The van der Waals surface area contributed by atoms with E-state index in [0.717, 1.165) is 35.7 Å². The van der Waals surface area contributed by atoms with Crippen LogP contribution in [-0.4, -0.2) is 21.5 Å². The zero-order valence-corrected chi connectivity index (χ0v) is 10.8. The van der Waals surface area contributed by atoms with E-state index in [1.807, 2.05) is 12.1 Å². The second-order valence-corrected chi connectivity index (χ2v) is 5.63. The Balaban J connectivity index is 2.00. The van der Waals surface area contributed by atoms with E-state index in [-0.39, 0.29) is 5.41 Å². The maximum absolute atomic E-state index is 6.06. The number of pyridine rings is 1. The molecule has 4 heteroatoms. The smallest absolute Gasteiger partial charge is 0.177 e. The van der Waals surface area contributed by atoms with Crippen molar-refractivity contribution in [3.63, 3.8) is 0 Å². The van der Waals surface area contributed by atoms with E-state index in [1.54, 1.807) is 6.20 Å². The minimum atomic E-state index is 0.0349. The molecular weight excluding hydrogens is 224 g/mol. The van der Waals surface area contributed by atoms with Gasteiger partial charge in [-0.2, -0.15) is 0 Å². The number of aromatic nitrogens is 3. The van der Waals surface area contributed by atoms with Crippen LogP contribution in [0.25, 0.3) is 11.2 Å². The summed E-state index contributed by atoms with van der Waals surface area (Å²) in [5.74, 6) is 1.85. The summed E-state index contributed by atoms with van der Waals surface area (Å²) in [7, 11) is 0. The van der Waals surface area contributed by atoms with Gasteiger partial charge in [-0.3, -0.25) is 0 Å². The van der Waals surface area contributed by atoms with E-state index in [9.17, 15) is 0 Å². The monoisotopic (exact) mass is 244 g/mol. The van der Waals surface area contributed by atoms with Crippen LogP contribution in [0, 0.1) is 5.92 Å². The number of nitrogens with one attached hydrogen (secondary N) is 1. The number of nitrogens with zero attached hydrogens (tertiary/aromatic N) is 2. The van der Waals surface area contributed by atoms with Gasteiger partial charge in [-0.25, -0.2) is 9.97 Å². The lowest BCUT2D eigenvalue weighted by Gasteiger charge is -2.36. The minimum Gasteiger partial charge on any atom is -0.340 e. The van der Waals surface area contributed by atoms with Crippen LogP contribution in [0.15, 0.2) is 18.3 Å². The first-order chi connectivity index (χ1) is 8.73. The molecule has 0 spiro atoms. The SMILES string of the molecule is CC1CCC(CN)(c2nc3ncccc3[nH]2)CC1. The standard InChI is InChI=1S/C14H20N4/c1-10-4-6-14(9-15,7-5-10)13-17-11-3-2-8-16-12(11)18-13/h2-3,8,10H,4-7,9,15H2,1H3,(H,16,17,18). The molecule has 1 fully saturated rings. The van der Waals surface area contributed by atoms with Gasteiger partial charge in [0.2, 0.25) is 0 Å². The van der Waals surface area contributed by atoms with Gasteiger partial charge in [0, 0.05) is 18.2 Å². The molecule has 0 unspecified atom stereocenters. The topological polar surface area (TPSA) is 67.6 Å². The van der Waals surface area contributed by atoms with E-state index >= 15 is 0 Å². The highest BCUT2D eigenvalue weighted by Gasteiger charge is 2.37. The van der Waals surface area contributed by atoms with Crippen molar-refractivity contribution in [2.75, 3.05) is 6.54 Å². The van der Waals surface area contributed by atoms with Gasteiger partial charge >= 0.3 is 0 Å². The van der Waals surface area contributed by atoms with Gasteiger partial charge in [-0.05, 0) is 43.7 Å². The molecule has 2 heterocycles. The first-order valence-electron chi connectivity index (χ1n) is 6.75. The number of rotatable bonds is 2. The van der Waals surface area contributed by atoms with Crippen LogP contribution in [0.3, 0.4) is 0 Å². The van der Waals surface area contributed by atoms with Crippen LogP contribution in [-0.2, 0) is 5.41 Å². The second kappa shape index (κ2) is 4.35. The maximum atomic E-state index is 6.06. The highest BCUT2D eigenvalue weighted by Crippen LogP contribution is 2.39. The molecule has 18 heavy (non-hydrogen) atoms. The lowest BCUT2D eigenvalue weighted by molar-refractivity contribution is 0.238. The van der Waals surface area contributed by atoms with Crippen molar-refractivity contribution in [2.45, 2.75) is 38.0 Å². The number of nitrogens with two attached hydrogens (primary N) is 1. The van der Waals surface area contributed by atoms with Gasteiger partial charge < -0.3 is 10.7 Å². The van der Waals surface area contributed by atoms with Crippen LogP contribution in [0.2, 0.25) is 0 Å². The van der Waals surface area contributed by atoms with E-state index in [4.69, 9.17) is 5.73 Å². The molecule has 1 aliphatic rings. The molecule has 1 aliphatic carbocycles. The quantitative estimate of drug-likeness (QED) is 0.852. The first-order valence-corrected chi connectivity index (χ1v) is 6.75. The van der Waals surface area contributed by atoms with Crippen molar-refractivity contribution < 1.29 is 0 Å². The third-order valence-corrected chi connectivity index (χ3v) is 4.38. The first kappa shape index (κ1) is 11.7. The summed E-state index contributed by atoms with van der Waals surface area (Å²) in [6.45, 7) is 2.99. The molecule has 0 aromatic carbocycles. The molecule has 0 radical (unpaired) electrons. The Kier molecular flexibility index (Phi) is 2.82. The fourth-order valence-corrected chi connectivity index (χ4v) is 2.95. The number of hydrogen-bond donors (Lipinski definition) is 2. The van der Waals surface area contributed by atoms with Gasteiger partial charge in [-0.15, -0.1) is 0 Å². The number of hydrogen-bond acceptors (Lipinski definition) is 3. The van der Waals surface area contributed by atoms with Crippen molar-refractivity contribution in [1.29, 1.82) is 0 Å². The zero-order valence-electron chi connectivity index (χ0n) is 10.8. The fraction of sp³-hybridized carbons (Fsp3) is 0.571. The molecule has 3 N–H and O–H groups in total. The molecule has 0 atom stereocenters. The lowest BCUT2D eigenvalue weighted by Crippen LogP contribution is -2.39. The Morgan fingerprint density at radius 3 is 2.89 bits per heavy atom. The third-order valence-electron chi connectivity index (χ3n) is 4.38. The highest BCUT2D eigenvalue weighted by atomic mass is 15.0. The normalized spacial score (nSPS) is 28.7. The van der Waals surface area contributed by atoms with Gasteiger partial charge in [0.05, 0.1) is 5.52 Å². The van der Waals surface area contributed by atoms with E-state index < -0.39 is 0 Å². The molecule has 96 valence electrons. The Morgan fingerprint density at radius 1 is 1.44 bits per heavy atom. The third kappa shape index (κ3) is 1.81. The van der Waals surface area contributed by atoms with Crippen molar-refractivity contribution in [3.05, 3.63) is 24.2 Å². The van der Waals surface area contributed by atoms with E-state index in [0.29, 0.717) is 6.54 Å². The maximum Gasteiger partial charge on any atom is 0.177 e. The predicted molar refractivity (Wildman–Crippen MR) is 72.3 cm³/mol. The van der Waals surface area contributed by atoms with Gasteiger partial charge in [0.1, 0.15) is 5.82 Å². The largest absolute Gasteiger partial charge is 0.340 e. The second-order valence-electron chi connectivity index (χ2n) is 5.63. The molecule has 2 aromatic rings. The molecule has 2 aromatic heterocycles. The van der Waals surface area contributed by atoms with Crippen LogP contribution in [0.5, 0.6) is 0 Å². The van der Waals surface area contributed by atoms with Crippen molar-refractivity contribution in [1.82, 2.24) is 15.0 Å². The molecule has 0 aliphatic heterocycles. The Bertz CT molecular complexity index is 504. The van der Waals surface area contributed by atoms with Gasteiger partial charge in [0.15, 0.2) is 5.65 Å². The number of H-pyrrole nitrogens is 1. The molecular formula is C14H20N4. The number of imidazole rings is 1. The number of aromatic amines is 1. The summed E-state index contributed by atoms with van der Waals surface area (Å²) in [6.07, 6.45) is 6.52. The number of fused-ring (bicyclic) bond motifs is 1. The molecule has 0 bridgehead atoms. The molecule has 4 nitrogen and oxygen atoms in total. The Labute approximate surface area is 107 Å². The van der Waals surface area contributed by atoms with Crippen LogP contribution < -0.4 is 5.73 Å². The molecule has 1 saturated carbocycles. The fourth-order valence-electron chi connectivity index (χ4n) is 2.95. The van der Waals surface area contributed by atoms with Crippen LogP contribution in [0.1, 0.15) is 38.4 Å². The Morgan fingerprint density at radius 2 is 2.22 bits per heavy atom. The predicted octanol–water partition coefficient (Wildman–Crippen LogP) is 2.36. The Hall–Kier alpha value is -1.42. The molecule has 0 saturated heterocycles. The summed E-state index contributed by atoms with van der Waals surface area (Å²) >= 11 is 0. The van der Waals surface area contributed by atoms with Gasteiger partial charge in [0.25, 0.3) is 0 Å². The average molecular weight is 244 g/mol. The van der Waals surface area contributed by atoms with Crippen LogP contribution in [0.4, 0.5) is 0 Å². The van der Waals surface area contributed by atoms with E-state index in [1.165, 1.54) is 12.8 Å². The average Bonchev–Trinajstić information content (AvgIpc) is 2.84. The molecule has 3 rings (SSSR count). The van der Waals surface area contributed by atoms with Gasteiger partial charge in [-0.1, -0.05) is 6.92 Å². The highest BCUT2D eigenvalue weighted by molar-refractivity contribution is 5.70. The lowest BCUT2D eigenvalue weighted by atomic mass is 9.70. The minimum absolute atomic E-state index is 0.0349. The summed E-state index contributed by atoms with van der Waals surface area (Å²) in [5.41, 5.74) is 7.91.